The molecule has 1 aliphatic heterocycles. The Hall–Kier alpha value is -1.92. The molecular weight excluding hydrogens is 350 g/mol. The smallest absolute Gasteiger partial charge is 0.273 e. The first-order valence-corrected chi connectivity index (χ1v) is 9.46. The molecule has 3 rings (SSSR count). The highest BCUT2D eigenvalue weighted by molar-refractivity contribution is 6.30. The molecule has 7 heteroatoms. The lowest BCUT2D eigenvalue weighted by atomic mass is 9.85. The molecule has 140 valence electrons. The van der Waals surface area contributed by atoms with Crippen molar-refractivity contribution >= 4 is 17.5 Å². The monoisotopic (exact) mass is 375 g/mol. The van der Waals surface area contributed by atoms with E-state index in [0.717, 1.165) is 42.9 Å². The second kappa shape index (κ2) is 8.18. The van der Waals surface area contributed by atoms with Crippen molar-refractivity contribution in [1.29, 1.82) is 0 Å². The van der Waals surface area contributed by atoms with Crippen LogP contribution >= 0.6 is 11.6 Å². The highest BCUT2D eigenvalue weighted by atomic mass is 35.5. The topological polar surface area (TPSA) is 71.8 Å². The van der Waals surface area contributed by atoms with Gasteiger partial charge in [-0.2, -0.15) is 0 Å². The first-order valence-electron chi connectivity index (χ1n) is 9.08. The summed E-state index contributed by atoms with van der Waals surface area (Å²) in [6.07, 6.45) is 4.61. The fraction of sp³-hybridized carbons (Fsp3) is 0.526. The molecule has 0 atom stereocenters. The van der Waals surface area contributed by atoms with E-state index in [9.17, 15) is 4.79 Å². The summed E-state index contributed by atoms with van der Waals surface area (Å²) in [4.78, 5) is 12.4. The SMILES string of the molecule is CC(C)(CNC(=O)c1cn(C2CCNCC2)nn1)Cc1cccc(Cl)c1. The quantitative estimate of drug-likeness (QED) is 0.814. The van der Waals surface area contributed by atoms with E-state index >= 15 is 0 Å². The third-order valence-corrected chi connectivity index (χ3v) is 4.96. The average Bonchev–Trinajstić information content (AvgIpc) is 3.10. The van der Waals surface area contributed by atoms with Gasteiger partial charge in [-0.25, -0.2) is 4.68 Å². The van der Waals surface area contributed by atoms with Crippen molar-refractivity contribution in [3.05, 3.63) is 46.7 Å². The maximum absolute atomic E-state index is 12.4. The summed E-state index contributed by atoms with van der Waals surface area (Å²) < 4.78 is 1.83. The number of piperidine rings is 1. The number of carbonyl (C=O) groups excluding carboxylic acids is 1. The van der Waals surface area contributed by atoms with Crippen LogP contribution in [-0.2, 0) is 6.42 Å². The summed E-state index contributed by atoms with van der Waals surface area (Å²) in [5.41, 5.74) is 1.45. The van der Waals surface area contributed by atoms with Gasteiger partial charge in [-0.05, 0) is 55.5 Å². The molecule has 26 heavy (non-hydrogen) atoms. The normalized spacial score (nSPS) is 15.8. The van der Waals surface area contributed by atoms with Crippen LogP contribution in [0.2, 0.25) is 5.02 Å². The van der Waals surface area contributed by atoms with Crippen LogP contribution < -0.4 is 10.6 Å². The number of hydrogen-bond acceptors (Lipinski definition) is 4. The summed E-state index contributed by atoms with van der Waals surface area (Å²) in [7, 11) is 0. The van der Waals surface area contributed by atoms with Gasteiger partial charge in [-0.1, -0.05) is 42.8 Å². The van der Waals surface area contributed by atoms with Crippen molar-refractivity contribution in [2.75, 3.05) is 19.6 Å². The number of hydrogen-bond donors (Lipinski definition) is 2. The fourth-order valence-corrected chi connectivity index (χ4v) is 3.52. The minimum Gasteiger partial charge on any atom is -0.350 e. The molecule has 6 nitrogen and oxygen atoms in total. The van der Waals surface area contributed by atoms with E-state index in [2.05, 4.69) is 40.9 Å². The third-order valence-electron chi connectivity index (χ3n) is 4.72. The second-order valence-electron chi connectivity index (χ2n) is 7.72. The van der Waals surface area contributed by atoms with E-state index in [1.54, 1.807) is 6.20 Å². The zero-order valence-electron chi connectivity index (χ0n) is 15.3. The van der Waals surface area contributed by atoms with Crippen LogP contribution in [0.15, 0.2) is 30.5 Å². The number of benzene rings is 1. The van der Waals surface area contributed by atoms with E-state index in [4.69, 9.17) is 11.6 Å². The van der Waals surface area contributed by atoms with Gasteiger partial charge in [0, 0.05) is 11.6 Å². The number of amides is 1. The van der Waals surface area contributed by atoms with Crippen molar-refractivity contribution in [3.63, 3.8) is 0 Å². The molecule has 0 spiro atoms. The molecule has 0 bridgehead atoms. The van der Waals surface area contributed by atoms with Gasteiger partial charge in [0.1, 0.15) is 0 Å². The summed E-state index contributed by atoms with van der Waals surface area (Å²) >= 11 is 6.06. The Bertz CT molecular complexity index is 752. The Balaban J connectivity index is 1.55. The fourth-order valence-electron chi connectivity index (χ4n) is 3.30. The number of carbonyl (C=O) groups is 1. The predicted octanol–water partition coefficient (Wildman–Crippen LogP) is 2.85. The largest absolute Gasteiger partial charge is 0.350 e. The summed E-state index contributed by atoms with van der Waals surface area (Å²) in [5.74, 6) is -0.177. The lowest BCUT2D eigenvalue weighted by Gasteiger charge is -2.25. The molecule has 0 radical (unpaired) electrons. The molecule has 1 amide bonds. The van der Waals surface area contributed by atoms with Gasteiger partial charge in [0.2, 0.25) is 0 Å². The Labute approximate surface area is 159 Å². The van der Waals surface area contributed by atoms with Crippen molar-refractivity contribution in [1.82, 2.24) is 25.6 Å². The van der Waals surface area contributed by atoms with E-state index in [1.165, 1.54) is 0 Å². The number of nitrogens with one attached hydrogen (secondary N) is 2. The maximum atomic E-state index is 12.4. The van der Waals surface area contributed by atoms with Crippen molar-refractivity contribution in [2.45, 2.75) is 39.2 Å². The highest BCUT2D eigenvalue weighted by Crippen LogP contribution is 2.23. The lowest BCUT2D eigenvalue weighted by Crippen LogP contribution is -2.35. The highest BCUT2D eigenvalue weighted by Gasteiger charge is 2.22. The Morgan fingerprint density at radius 1 is 1.38 bits per heavy atom. The summed E-state index contributed by atoms with van der Waals surface area (Å²) in [5, 5.41) is 15.2. The van der Waals surface area contributed by atoms with Gasteiger partial charge in [-0.15, -0.1) is 5.10 Å². The molecular formula is C19H26ClN5O. The minimum atomic E-state index is -0.177. The van der Waals surface area contributed by atoms with E-state index in [0.29, 0.717) is 18.3 Å². The van der Waals surface area contributed by atoms with Gasteiger partial charge < -0.3 is 10.6 Å². The van der Waals surface area contributed by atoms with E-state index < -0.39 is 0 Å². The Kier molecular flexibility index (Phi) is 5.94. The Morgan fingerprint density at radius 3 is 2.88 bits per heavy atom. The zero-order valence-corrected chi connectivity index (χ0v) is 16.1. The Morgan fingerprint density at radius 2 is 2.15 bits per heavy atom. The van der Waals surface area contributed by atoms with Crippen molar-refractivity contribution in [3.8, 4) is 0 Å². The van der Waals surface area contributed by atoms with Crippen LogP contribution in [-0.4, -0.2) is 40.5 Å². The summed E-state index contributed by atoms with van der Waals surface area (Å²) in [6, 6.07) is 8.16. The number of aromatic nitrogens is 3. The minimum absolute atomic E-state index is 0.0919. The van der Waals surface area contributed by atoms with Crippen LogP contribution in [0.4, 0.5) is 0 Å². The van der Waals surface area contributed by atoms with Crippen molar-refractivity contribution in [2.24, 2.45) is 5.41 Å². The van der Waals surface area contributed by atoms with Gasteiger partial charge in [-0.3, -0.25) is 4.79 Å². The molecule has 2 aromatic rings. The number of rotatable bonds is 6. The third kappa shape index (κ3) is 5.05. The number of nitrogens with zero attached hydrogens (tertiary/aromatic N) is 3. The predicted molar refractivity (Wildman–Crippen MR) is 102 cm³/mol. The standard InChI is InChI=1S/C19H26ClN5O/c1-19(2,11-14-4-3-5-15(20)10-14)13-22-18(26)17-12-25(24-23-17)16-6-8-21-9-7-16/h3-5,10,12,16,21H,6-9,11,13H2,1-2H3,(H,22,26). The maximum Gasteiger partial charge on any atom is 0.273 e. The molecule has 0 aliphatic carbocycles. The summed E-state index contributed by atoms with van der Waals surface area (Å²) in [6.45, 7) is 6.76. The van der Waals surface area contributed by atoms with Gasteiger partial charge in [0.15, 0.2) is 5.69 Å². The molecule has 1 saturated heterocycles. The molecule has 1 fully saturated rings. The molecule has 2 heterocycles. The second-order valence-corrected chi connectivity index (χ2v) is 8.15. The van der Waals surface area contributed by atoms with Crippen LogP contribution in [0.3, 0.4) is 0 Å². The van der Waals surface area contributed by atoms with Gasteiger partial charge in [0.05, 0.1) is 12.2 Å². The van der Waals surface area contributed by atoms with Crippen LogP contribution in [0, 0.1) is 5.41 Å². The molecule has 1 aliphatic rings. The van der Waals surface area contributed by atoms with E-state index in [-0.39, 0.29) is 11.3 Å². The number of halogens is 1. The molecule has 1 aromatic heterocycles. The molecule has 1 aromatic carbocycles. The molecule has 0 unspecified atom stereocenters. The van der Waals surface area contributed by atoms with Crippen molar-refractivity contribution < 1.29 is 4.79 Å². The lowest BCUT2D eigenvalue weighted by molar-refractivity contribution is 0.0931. The molecule has 2 N–H and O–H groups in total. The van der Waals surface area contributed by atoms with E-state index in [1.807, 2.05) is 22.9 Å². The van der Waals surface area contributed by atoms with Crippen LogP contribution in [0.1, 0.15) is 48.8 Å². The molecule has 0 saturated carbocycles. The average molecular weight is 376 g/mol. The first kappa shape index (κ1) is 18.9. The van der Waals surface area contributed by atoms with Crippen LogP contribution in [0.25, 0.3) is 0 Å². The van der Waals surface area contributed by atoms with Gasteiger partial charge >= 0.3 is 0 Å². The zero-order chi connectivity index (χ0) is 18.6. The first-order chi connectivity index (χ1) is 12.4. The van der Waals surface area contributed by atoms with Crippen LogP contribution in [0.5, 0.6) is 0 Å². The van der Waals surface area contributed by atoms with Gasteiger partial charge in [0.25, 0.3) is 5.91 Å².